The summed E-state index contributed by atoms with van der Waals surface area (Å²) in [7, 11) is 0. The minimum absolute atomic E-state index is 0.163. The molecule has 3 aromatic rings. The fourth-order valence-corrected chi connectivity index (χ4v) is 3.38. The average Bonchev–Trinajstić information content (AvgIpc) is 3.15. The van der Waals surface area contributed by atoms with Crippen molar-refractivity contribution >= 4 is 28.3 Å². The summed E-state index contributed by atoms with van der Waals surface area (Å²) in [4.78, 5) is 25.1. The second-order valence-electron chi connectivity index (χ2n) is 6.97. The number of benzene rings is 2. The molecule has 1 atom stereocenters. The van der Waals surface area contributed by atoms with Gasteiger partial charge in [0.25, 0.3) is 5.91 Å². The van der Waals surface area contributed by atoms with Gasteiger partial charge < -0.3 is 5.32 Å². The summed E-state index contributed by atoms with van der Waals surface area (Å²) in [5.41, 5.74) is 2.34. The van der Waals surface area contributed by atoms with Crippen molar-refractivity contribution in [2.24, 2.45) is 5.92 Å². The Morgan fingerprint density at radius 2 is 1.66 bits per heavy atom. The third-order valence-corrected chi connectivity index (χ3v) is 5.18. The fourth-order valence-electron chi connectivity index (χ4n) is 2.63. The quantitative estimate of drug-likeness (QED) is 0.640. The van der Waals surface area contributed by atoms with Crippen LogP contribution < -0.4 is 10.6 Å². The Balaban J connectivity index is 1.69. The minimum Gasteiger partial charge on any atom is -0.340 e. The molecule has 2 amide bonds. The average molecular weight is 412 g/mol. The van der Waals surface area contributed by atoms with E-state index in [4.69, 9.17) is 0 Å². The normalized spacial score (nSPS) is 11.9. The zero-order chi connectivity index (χ0) is 21.0. The summed E-state index contributed by atoms with van der Waals surface area (Å²) >= 11 is 1.26. The molecule has 150 valence electrons. The number of hydrogen-bond donors (Lipinski definition) is 2. The van der Waals surface area contributed by atoms with E-state index in [2.05, 4.69) is 20.8 Å². The molecular weight excluding hydrogens is 391 g/mol. The monoisotopic (exact) mass is 412 g/mol. The third-order valence-electron chi connectivity index (χ3n) is 4.30. The maximum absolute atomic E-state index is 13.0. The smallest absolute Gasteiger partial charge is 0.251 e. The Kier molecular flexibility index (Phi) is 6.33. The first kappa shape index (κ1) is 20.6. The number of nitrogens with zero attached hydrogens (tertiary/aromatic N) is 2. The maximum atomic E-state index is 13.0. The lowest BCUT2D eigenvalue weighted by Gasteiger charge is -2.21. The Morgan fingerprint density at radius 1 is 1.00 bits per heavy atom. The SMILES string of the molecule is Cc1ccc(-c2nnc(NC(=O)C(NC(=O)c3ccc(F)cc3)C(C)C)s2)cc1. The Morgan fingerprint density at radius 3 is 2.28 bits per heavy atom. The standard InChI is InChI=1S/C21H21FN4O2S/c1-12(2)17(23-18(27)14-8-10-16(22)11-9-14)19(28)24-21-26-25-20(29-21)15-6-4-13(3)5-7-15/h4-12,17H,1-3H3,(H,23,27)(H,24,26,28). The summed E-state index contributed by atoms with van der Waals surface area (Å²) in [5, 5.41) is 14.6. The Bertz CT molecular complexity index is 1000. The van der Waals surface area contributed by atoms with Crippen LogP contribution in [0.3, 0.4) is 0 Å². The Labute approximate surface area is 172 Å². The van der Waals surface area contributed by atoms with Gasteiger partial charge in [0.05, 0.1) is 0 Å². The lowest BCUT2D eigenvalue weighted by molar-refractivity contribution is -0.118. The van der Waals surface area contributed by atoms with Crippen molar-refractivity contribution in [3.8, 4) is 10.6 Å². The molecule has 29 heavy (non-hydrogen) atoms. The van der Waals surface area contributed by atoms with Crippen LogP contribution >= 0.6 is 11.3 Å². The highest BCUT2D eigenvalue weighted by atomic mass is 32.1. The number of halogens is 1. The zero-order valence-corrected chi connectivity index (χ0v) is 17.1. The number of hydrogen-bond acceptors (Lipinski definition) is 5. The molecule has 0 bridgehead atoms. The molecule has 2 N–H and O–H groups in total. The van der Waals surface area contributed by atoms with Gasteiger partial charge in [0, 0.05) is 11.1 Å². The van der Waals surface area contributed by atoms with Crippen LogP contribution in [-0.2, 0) is 4.79 Å². The number of nitrogens with one attached hydrogen (secondary N) is 2. The highest BCUT2D eigenvalue weighted by Gasteiger charge is 2.25. The van der Waals surface area contributed by atoms with Crippen LogP contribution in [0.5, 0.6) is 0 Å². The van der Waals surface area contributed by atoms with Crippen molar-refractivity contribution in [3.05, 3.63) is 65.5 Å². The summed E-state index contributed by atoms with van der Waals surface area (Å²) < 4.78 is 13.0. The van der Waals surface area contributed by atoms with Crippen LogP contribution in [0.1, 0.15) is 29.8 Å². The predicted octanol–water partition coefficient (Wildman–Crippen LogP) is 4.05. The molecule has 1 unspecified atom stereocenters. The highest BCUT2D eigenvalue weighted by Crippen LogP contribution is 2.26. The van der Waals surface area contributed by atoms with Crippen molar-refractivity contribution in [2.75, 3.05) is 5.32 Å². The molecule has 2 aromatic carbocycles. The number of anilines is 1. The molecular formula is C21H21FN4O2S. The van der Waals surface area contributed by atoms with Gasteiger partial charge in [-0.15, -0.1) is 10.2 Å². The van der Waals surface area contributed by atoms with Crippen LogP contribution in [0.25, 0.3) is 10.6 Å². The van der Waals surface area contributed by atoms with E-state index in [0.29, 0.717) is 10.1 Å². The van der Waals surface area contributed by atoms with Crippen LogP contribution in [0, 0.1) is 18.7 Å². The molecule has 1 aromatic heterocycles. The molecule has 0 spiro atoms. The van der Waals surface area contributed by atoms with Gasteiger partial charge in [-0.2, -0.15) is 0 Å². The third kappa shape index (κ3) is 5.23. The van der Waals surface area contributed by atoms with Crippen molar-refractivity contribution in [1.29, 1.82) is 0 Å². The lowest BCUT2D eigenvalue weighted by atomic mass is 10.0. The molecule has 1 heterocycles. The zero-order valence-electron chi connectivity index (χ0n) is 16.3. The summed E-state index contributed by atoms with van der Waals surface area (Å²) in [6, 6.07) is 12.2. The van der Waals surface area contributed by atoms with E-state index >= 15 is 0 Å². The second-order valence-corrected chi connectivity index (χ2v) is 7.95. The van der Waals surface area contributed by atoms with Gasteiger partial charge in [-0.05, 0) is 37.1 Å². The van der Waals surface area contributed by atoms with E-state index in [-0.39, 0.29) is 17.4 Å². The first-order chi connectivity index (χ1) is 13.8. The van der Waals surface area contributed by atoms with E-state index in [9.17, 15) is 14.0 Å². The van der Waals surface area contributed by atoms with E-state index in [1.807, 2.05) is 45.0 Å². The van der Waals surface area contributed by atoms with Crippen molar-refractivity contribution in [3.63, 3.8) is 0 Å². The number of aromatic nitrogens is 2. The van der Waals surface area contributed by atoms with Crippen molar-refractivity contribution in [2.45, 2.75) is 26.8 Å². The van der Waals surface area contributed by atoms with Gasteiger partial charge in [-0.3, -0.25) is 14.9 Å². The van der Waals surface area contributed by atoms with Crippen LogP contribution in [0.15, 0.2) is 48.5 Å². The topological polar surface area (TPSA) is 84.0 Å². The number of amides is 2. The number of carbonyl (C=O) groups is 2. The van der Waals surface area contributed by atoms with Gasteiger partial charge in [-0.1, -0.05) is 55.0 Å². The molecule has 0 aliphatic rings. The van der Waals surface area contributed by atoms with Gasteiger partial charge >= 0.3 is 0 Å². The van der Waals surface area contributed by atoms with Gasteiger partial charge in [0.2, 0.25) is 11.0 Å². The summed E-state index contributed by atoms with van der Waals surface area (Å²) in [5.74, 6) is -1.43. The molecule has 0 aliphatic carbocycles. The first-order valence-corrected chi connectivity index (χ1v) is 9.93. The fraction of sp³-hybridized carbons (Fsp3) is 0.238. The predicted molar refractivity (Wildman–Crippen MR) is 111 cm³/mol. The van der Waals surface area contributed by atoms with Crippen molar-refractivity contribution < 1.29 is 14.0 Å². The van der Waals surface area contributed by atoms with Crippen molar-refractivity contribution in [1.82, 2.24) is 15.5 Å². The van der Waals surface area contributed by atoms with Crippen LogP contribution in [0.4, 0.5) is 9.52 Å². The summed E-state index contributed by atoms with van der Waals surface area (Å²) in [6.45, 7) is 5.65. The molecule has 0 saturated heterocycles. The molecule has 0 radical (unpaired) electrons. The highest BCUT2D eigenvalue weighted by molar-refractivity contribution is 7.18. The van der Waals surface area contributed by atoms with Crippen LogP contribution in [0.2, 0.25) is 0 Å². The number of rotatable bonds is 6. The number of carbonyl (C=O) groups excluding carboxylic acids is 2. The van der Waals surface area contributed by atoms with Gasteiger partial charge in [0.15, 0.2) is 0 Å². The molecule has 3 rings (SSSR count). The maximum Gasteiger partial charge on any atom is 0.251 e. The van der Waals surface area contributed by atoms with Gasteiger partial charge in [0.1, 0.15) is 16.9 Å². The molecule has 0 saturated carbocycles. The first-order valence-electron chi connectivity index (χ1n) is 9.11. The summed E-state index contributed by atoms with van der Waals surface area (Å²) in [6.07, 6.45) is 0. The molecule has 0 aliphatic heterocycles. The molecule has 6 nitrogen and oxygen atoms in total. The molecule has 8 heteroatoms. The minimum atomic E-state index is -0.778. The van der Waals surface area contributed by atoms with E-state index in [1.165, 1.54) is 35.6 Å². The van der Waals surface area contributed by atoms with E-state index < -0.39 is 17.8 Å². The second kappa shape index (κ2) is 8.91. The molecule has 0 fully saturated rings. The largest absolute Gasteiger partial charge is 0.340 e. The number of aryl methyl sites for hydroxylation is 1. The van der Waals surface area contributed by atoms with Gasteiger partial charge in [-0.25, -0.2) is 4.39 Å². The van der Waals surface area contributed by atoms with E-state index in [1.54, 1.807) is 0 Å². The van der Waals surface area contributed by atoms with E-state index in [0.717, 1.165) is 11.1 Å². The Hall–Kier alpha value is -3.13. The lowest BCUT2D eigenvalue weighted by Crippen LogP contribution is -2.47. The van der Waals surface area contributed by atoms with Crippen LogP contribution in [-0.4, -0.2) is 28.1 Å².